The number of rotatable bonds is 5. The lowest BCUT2D eigenvalue weighted by Gasteiger charge is -2.34. The average molecular weight is 350 g/mol. The lowest BCUT2D eigenvalue weighted by Crippen LogP contribution is -2.47. The second-order valence-electron chi connectivity index (χ2n) is 4.44. The first-order valence-corrected chi connectivity index (χ1v) is 8.12. The van der Waals surface area contributed by atoms with Crippen LogP contribution in [0.25, 0.3) is 0 Å². The Bertz CT molecular complexity index is 555. The summed E-state index contributed by atoms with van der Waals surface area (Å²) in [6.45, 7) is 0. The van der Waals surface area contributed by atoms with Crippen LogP contribution >= 0.6 is 15.9 Å². The first-order valence-electron chi connectivity index (χ1n) is 5.85. The van der Waals surface area contributed by atoms with Crippen molar-refractivity contribution in [3.8, 4) is 5.75 Å². The molecule has 5 nitrogen and oxygen atoms in total. The third kappa shape index (κ3) is 3.28. The lowest BCUT2D eigenvalue weighted by atomic mass is 9.90. The van der Waals surface area contributed by atoms with Crippen LogP contribution in [-0.2, 0) is 14.8 Å². The van der Waals surface area contributed by atoms with E-state index in [1.54, 1.807) is 13.2 Å². The average Bonchev–Trinajstić information content (AvgIpc) is 2.33. The van der Waals surface area contributed by atoms with Gasteiger partial charge in [-0.25, -0.2) is 13.1 Å². The zero-order valence-electron chi connectivity index (χ0n) is 10.7. The van der Waals surface area contributed by atoms with Gasteiger partial charge < -0.3 is 9.47 Å². The van der Waals surface area contributed by atoms with Crippen LogP contribution in [0, 0.1) is 0 Å². The summed E-state index contributed by atoms with van der Waals surface area (Å²) in [7, 11) is -0.322. The minimum atomic E-state index is -3.49. The number of hydrogen-bond donors (Lipinski definition) is 1. The Morgan fingerprint density at radius 2 is 2.00 bits per heavy atom. The number of benzene rings is 1. The Balaban J connectivity index is 2.09. The van der Waals surface area contributed by atoms with E-state index in [1.165, 1.54) is 19.2 Å². The van der Waals surface area contributed by atoms with Crippen LogP contribution in [-0.4, -0.2) is 34.8 Å². The SMILES string of the molecule is COc1ccc(S(=O)(=O)NC2CC(OC)C2)cc1Br. The molecule has 0 atom stereocenters. The molecule has 1 aliphatic carbocycles. The normalized spacial score (nSPS) is 22.9. The van der Waals surface area contributed by atoms with E-state index in [9.17, 15) is 8.42 Å². The summed E-state index contributed by atoms with van der Waals surface area (Å²) in [6, 6.07) is 4.64. The fraction of sp³-hybridized carbons (Fsp3) is 0.500. The van der Waals surface area contributed by atoms with Crippen molar-refractivity contribution in [1.29, 1.82) is 0 Å². The van der Waals surface area contributed by atoms with Crippen LogP contribution in [0.15, 0.2) is 27.6 Å². The zero-order valence-corrected chi connectivity index (χ0v) is 13.1. The van der Waals surface area contributed by atoms with Crippen molar-refractivity contribution >= 4 is 26.0 Å². The molecule has 2 rings (SSSR count). The van der Waals surface area contributed by atoms with Gasteiger partial charge in [-0.1, -0.05) is 0 Å². The van der Waals surface area contributed by atoms with E-state index in [0.29, 0.717) is 23.1 Å². The van der Waals surface area contributed by atoms with Crippen molar-refractivity contribution < 1.29 is 17.9 Å². The predicted molar refractivity (Wildman–Crippen MR) is 74.8 cm³/mol. The van der Waals surface area contributed by atoms with Crippen LogP contribution < -0.4 is 9.46 Å². The van der Waals surface area contributed by atoms with E-state index in [-0.39, 0.29) is 17.0 Å². The van der Waals surface area contributed by atoms with Crippen molar-refractivity contribution in [2.45, 2.75) is 29.9 Å². The number of nitrogens with one attached hydrogen (secondary N) is 1. The van der Waals surface area contributed by atoms with E-state index in [0.717, 1.165) is 0 Å². The molecule has 0 radical (unpaired) electrons. The van der Waals surface area contributed by atoms with Crippen LogP contribution in [0.2, 0.25) is 0 Å². The van der Waals surface area contributed by atoms with E-state index in [1.807, 2.05) is 0 Å². The van der Waals surface area contributed by atoms with Gasteiger partial charge in [-0.15, -0.1) is 0 Å². The van der Waals surface area contributed by atoms with Gasteiger partial charge in [0.05, 0.1) is 22.6 Å². The quantitative estimate of drug-likeness (QED) is 0.881. The van der Waals surface area contributed by atoms with Crippen molar-refractivity contribution in [2.75, 3.05) is 14.2 Å². The van der Waals surface area contributed by atoms with Gasteiger partial charge in [0.15, 0.2) is 0 Å². The van der Waals surface area contributed by atoms with E-state index in [2.05, 4.69) is 20.7 Å². The summed E-state index contributed by atoms with van der Waals surface area (Å²) in [5.41, 5.74) is 0. The molecule has 0 amide bonds. The van der Waals surface area contributed by atoms with E-state index < -0.39 is 10.0 Å². The zero-order chi connectivity index (χ0) is 14.0. The molecule has 0 bridgehead atoms. The topological polar surface area (TPSA) is 64.6 Å². The fourth-order valence-corrected chi connectivity index (χ4v) is 3.94. The Kier molecular flexibility index (Phi) is 4.50. The van der Waals surface area contributed by atoms with Gasteiger partial charge in [-0.05, 0) is 47.0 Å². The molecule has 0 spiro atoms. The molecule has 19 heavy (non-hydrogen) atoms. The van der Waals surface area contributed by atoms with Crippen LogP contribution in [0.1, 0.15) is 12.8 Å². The van der Waals surface area contributed by atoms with Gasteiger partial charge in [0.25, 0.3) is 0 Å². The molecule has 1 saturated carbocycles. The van der Waals surface area contributed by atoms with Gasteiger partial charge in [-0.2, -0.15) is 0 Å². The Labute approximate surface area is 121 Å². The first kappa shape index (κ1) is 14.8. The monoisotopic (exact) mass is 349 g/mol. The summed E-state index contributed by atoms with van der Waals surface area (Å²) in [5.74, 6) is 0.599. The van der Waals surface area contributed by atoms with Crippen LogP contribution in [0.4, 0.5) is 0 Å². The van der Waals surface area contributed by atoms with Crippen LogP contribution in [0.3, 0.4) is 0 Å². The third-order valence-electron chi connectivity index (χ3n) is 3.18. The van der Waals surface area contributed by atoms with E-state index >= 15 is 0 Å². The Morgan fingerprint density at radius 1 is 1.32 bits per heavy atom. The molecular formula is C12H16BrNO4S. The van der Waals surface area contributed by atoms with E-state index in [4.69, 9.17) is 9.47 Å². The van der Waals surface area contributed by atoms with Gasteiger partial charge in [0, 0.05) is 13.2 Å². The largest absolute Gasteiger partial charge is 0.496 e. The van der Waals surface area contributed by atoms with Crippen molar-refractivity contribution in [3.63, 3.8) is 0 Å². The highest BCUT2D eigenvalue weighted by molar-refractivity contribution is 9.10. The summed E-state index contributed by atoms with van der Waals surface area (Å²) in [5, 5.41) is 0. The Hall–Kier alpha value is -0.630. The fourth-order valence-electron chi connectivity index (χ4n) is 1.96. The molecule has 1 aromatic rings. The molecule has 1 aromatic carbocycles. The summed E-state index contributed by atoms with van der Waals surface area (Å²) in [6.07, 6.45) is 1.59. The lowest BCUT2D eigenvalue weighted by molar-refractivity contribution is 0.0236. The smallest absolute Gasteiger partial charge is 0.240 e. The minimum absolute atomic E-state index is 0.0455. The first-order chi connectivity index (χ1) is 8.96. The minimum Gasteiger partial charge on any atom is -0.496 e. The van der Waals surface area contributed by atoms with Gasteiger partial charge >= 0.3 is 0 Å². The van der Waals surface area contributed by atoms with Gasteiger partial charge in [0.1, 0.15) is 5.75 Å². The number of methoxy groups -OCH3 is 2. The standard InChI is InChI=1S/C12H16BrNO4S/c1-17-9-5-8(6-9)14-19(15,16)10-3-4-12(18-2)11(13)7-10/h3-4,7-9,14H,5-6H2,1-2H3. The number of hydrogen-bond acceptors (Lipinski definition) is 4. The van der Waals surface area contributed by atoms with Crippen LogP contribution in [0.5, 0.6) is 5.75 Å². The second kappa shape index (κ2) is 5.78. The molecule has 106 valence electrons. The highest BCUT2D eigenvalue weighted by Crippen LogP contribution is 2.29. The molecule has 1 fully saturated rings. The van der Waals surface area contributed by atoms with Crippen molar-refractivity contribution in [1.82, 2.24) is 4.72 Å². The van der Waals surface area contributed by atoms with Gasteiger partial charge in [0.2, 0.25) is 10.0 Å². The molecule has 0 aliphatic heterocycles. The molecule has 0 aromatic heterocycles. The maximum atomic E-state index is 12.2. The maximum Gasteiger partial charge on any atom is 0.240 e. The van der Waals surface area contributed by atoms with Crippen molar-refractivity contribution in [3.05, 3.63) is 22.7 Å². The predicted octanol–water partition coefficient (Wildman–Crippen LogP) is 1.91. The molecule has 0 saturated heterocycles. The highest BCUT2D eigenvalue weighted by Gasteiger charge is 2.32. The summed E-state index contributed by atoms with van der Waals surface area (Å²) < 4.78 is 37.8. The third-order valence-corrected chi connectivity index (χ3v) is 5.32. The maximum absolute atomic E-state index is 12.2. The molecule has 1 aliphatic rings. The molecule has 1 N–H and O–H groups in total. The molecular weight excluding hydrogens is 334 g/mol. The molecule has 0 heterocycles. The molecule has 0 unspecified atom stereocenters. The highest BCUT2D eigenvalue weighted by atomic mass is 79.9. The van der Waals surface area contributed by atoms with Gasteiger partial charge in [-0.3, -0.25) is 0 Å². The number of ether oxygens (including phenoxy) is 2. The number of halogens is 1. The Morgan fingerprint density at radius 3 is 2.53 bits per heavy atom. The van der Waals surface area contributed by atoms with Crippen molar-refractivity contribution in [2.24, 2.45) is 0 Å². The second-order valence-corrected chi connectivity index (χ2v) is 7.01. The summed E-state index contributed by atoms with van der Waals surface area (Å²) in [4.78, 5) is 0.223. The summed E-state index contributed by atoms with van der Waals surface area (Å²) >= 11 is 3.28. The molecule has 7 heteroatoms. The number of sulfonamides is 1.